The van der Waals surface area contributed by atoms with Gasteiger partial charge < -0.3 is 9.80 Å². The molecule has 0 N–H and O–H groups in total. The second kappa shape index (κ2) is 29.0. The van der Waals surface area contributed by atoms with E-state index in [0.717, 1.165) is 34.1 Å². The minimum atomic E-state index is -0.547. The van der Waals surface area contributed by atoms with Gasteiger partial charge in [0.05, 0.1) is 44.4 Å². The second-order valence-electron chi connectivity index (χ2n) is 33.4. The van der Waals surface area contributed by atoms with Crippen LogP contribution in [-0.2, 0) is 21.7 Å². The van der Waals surface area contributed by atoms with Gasteiger partial charge in [-0.25, -0.2) is 0 Å². The van der Waals surface area contributed by atoms with Gasteiger partial charge in [0.25, 0.3) is 0 Å². The molecule has 4 aliphatic carbocycles. The number of hydrogen-bond donors (Lipinski definition) is 0. The van der Waals surface area contributed by atoms with E-state index in [1.54, 1.807) is 0 Å². The molecule has 0 saturated carbocycles. The fraction of sp³-hybridized carbons (Fsp3) is 0.0328. The van der Waals surface area contributed by atoms with Crippen LogP contribution in [0, 0.1) is 0 Å². The summed E-state index contributed by atoms with van der Waals surface area (Å²) in [5.74, 6) is 0. The van der Waals surface area contributed by atoms with Crippen molar-refractivity contribution in [3.8, 4) is 33.4 Å². The van der Waals surface area contributed by atoms with Crippen molar-refractivity contribution in [2.24, 2.45) is 0 Å². The third kappa shape index (κ3) is 10.5. The van der Waals surface area contributed by atoms with Crippen LogP contribution in [0.15, 0.2) is 497 Å². The molecule has 0 aromatic heterocycles. The Balaban J connectivity index is 0.000000140. The monoisotopic (exact) mass is 1570 g/mol. The van der Waals surface area contributed by atoms with Crippen LogP contribution in [0.4, 0.5) is 34.1 Å². The lowest BCUT2D eigenvalue weighted by Gasteiger charge is -2.50. The summed E-state index contributed by atoms with van der Waals surface area (Å²) in [6.07, 6.45) is 0. The third-order valence-electron chi connectivity index (χ3n) is 27.6. The summed E-state index contributed by atoms with van der Waals surface area (Å²) in [6, 6.07) is 185. The molecule has 25 rings (SSSR count). The Kier molecular flexibility index (Phi) is 16.9. The topological polar surface area (TPSA) is 6.48 Å². The van der Waals surface area contributed by atoms with E-state index in [2.05, 4.69) is 507 Å². The zero-order valence-corrected chi connectivity index (χ0v) is 68.2. The maximum atomic E-state index is 2.48. The van der Waals surface area contributed by atoms with Gasteiger partial charge in [-0.1, -0.05) is 443 Å². The molecule has 21 aromatic rings. The van der Waals surface area contributed by atoms with Crippen molar-refractivity contribution in [1.82, 2.24) is 0 Å². The molecule has 0 heterocycles. The first kappa shape index (κ1) is 72.3. The number of hydrogen-bond acceptors (Lipinski definition) is 2. The first-order chi connectivity index (χ1) is 61.5. The van der Waals surface area contributed by atoms with Gasteiger partial charge in [-0.05, 0) is 199 Å². The summed E-state index contributed by atoms with van der Waals surface area (Å²) in [7, 11) is 0. The van der Waals surface area contributed by atoms with E-state index in [9.17, 15) is 0 Å². The van der Waals surface area contributed by atoms with Crippen LogP contribution < -0.4 is 9.80 Å². The number of fused-ring (bicyclic) bond motifs is 22. The van der Waals surface area contributed by atoms with Gasteiger partial charge in [0.1, 0.15) is 0 Å². The van der Waals surface area contributed by atoms with Crippen LogP contribution in [-0.4, -0.2) is 0 Å². The maximum absolute atomic E-state index is 2.48. The van der Waals surface area contributed by atoms with E-state index in [4.69, 9.17) is 0 Å². The molecule has 124 heavy (non-hydrogen) atoms. The number of nitrogens with zero attached hydrogens (tertiary/aromatic N) is 2. The SMILES string of the molecule is c1ccc(C2(c3ccccc3)c3ccccc3C3(c4ccccc4-c4cc(-c5ccc(N(c6cccc7ccccc67)c6cccc7ccccc67)cc5)ccc43)c3ccccc32)cc1.c1ccc(C2(c3ccccc3)c3ccccc3C3(c4ccccc4-c4cc(N(c5cccc6ccccc56)c5cccc6ccccc56)ccc43)c3ccccc32)cc1. The fourth-order valence-corrected chi connectivity index (χ4v) is 22.7. The molecule has 0 fully saturated rings. The minimum absolute atomic E-state index is 0.522. The maximum Gasteiger partial charge on any atom is 0.0720 e. The first-order valence-corrected chi connectivity index (χ1v) is 43.3. The lowest BCUT2D eigenvalue weighted by atomic mass is 9.51. The van der Waals surface area contributed by atoms with Crippen LogP contribution in [0.25, 0.3) is 76.5 Å². The molecule has 21 aromatic carbocycles. The lowest BCUT2D eigenvalue weighted by Crippen LogP contribution is -2.44. The van der Waals surface area contributed by atoms with E-state index in [0.29, 0.717) is 0 Å². The van der Waals surface area contributed by atoms with Gasteiger partial charge >= 0.3 is 0 Å². The molecule has 0 saturated heterocycles. The zero-order chi connectivity index (χ0) is 81.9. The Hall–Kier alpha value is -15.7. The van der Waals surface area contributed by atoms with Crippen LogP contribution >= 0.6 is 0 Å². The Bertz CT molecular complexity index is 7400. The van der Waals surface area contributed by atoms with Crippen molar-refractivity contribution < 1.29 is 0 Å². The zero-order valence-electron chi connectivity index (χ0n) is 68.2. The van der Waals surface area contributed by atoms with Crippen molar-refractivity contribution >= 4 is 77.2 Å². The molecule has 0 unspecified atom stereocenters. The molecule has 2 nitrogen and oxygen atoms in total. The molecule has 0 radical (unpaired) electrons. The van der Waals surface area contributed by atoms with Gasteiger partial charge in [0.2, 0.25) is 0 Å². The number of benzene rings is 21. The van der Waals surface area contributed by atoms with E-state index in [1.807, 2.05) is 0 Å². The normalized spacial score (nSPS) is 13.9. The summed E-state index contributed by atoms with van der Waals surface area (Å²) in [6.45, 7) is 0. The van der Waals surface area contributed by atoms with Crippen molar-refractivity contribution in [1.29, 1.82) is 0 Å². The van der Waals surface area contributed by atoms with Crippen LogP contribution in [0.5, 0.6) is 0 Å². The molecule has 2 heteroatoms. The highest BCUT2D eigenvalue weighted by molar-refractivity contribution is 6.08. The quantitative estimate of drug-likeness (QED) is 0.127. The van der Waals surface area contributed by atoms with E-state index < -0.39 is 21.7 Å². The molecule has 580 valence electrons. The van der Waals surface area contributed by atoms with Crippen LogP contribution in [0.2, 0.25) is 0 Å². The van der Waals surface area contributed by atoms with Crippen molar-refractivity contribution in [3.63, 3.8) is 0 Å². The molecular formula is C122H82N2. The van der Waals surface area contributed by atoms with Crippen LogP contribution in [0.3, 0.4) is 0 Å². The summed E-state index contributed by atoms with van der Waals surface area (Å²) < 4.78 is 0. The summed E-state index contributed by atoms with van der Waals surface area (Å²) >= 11 is 0. The molecule has 0 atom stereocenters. The Morgan fingerprint density at radius 3 is 0.710 bits per heavy atom. The second-order valence-corrected chi connectivity index (χ2v) is 33.4. The smallest absolute Gasteiger partial charge is 0.0720 e. The van der Waals surface area contributed by atoms with E-state index >= 15 is 0 Å². The molecule has 0 bridgehead atoms. The predicted octanol–water partition coefficient (Wildman–Crippen LogP) is 30.7. The third-order valence-corrected chi connectivity index (χ3v) is 27.6. The largest absolute Gasteiger partial charge is 0.309 e. The lowest BCUT2D eigenvalue weighted by molar-refractivity contribution is 0.623. The van der Waals surface area contributed by atoms with E-state index in [-0.39, 0.29) is 0 Å². The number of anilines is 6. The highest BCUT2D eigenvalue weighted by Gasteiger charge is 2.59. The molecule has 0 aliphatic heterocycles. The Labute approximate surface area is 723 Å². The Morgan fingerprint density at radius 1 is 0.137 bits per heavy atom. The molecular weight excluding hydrogens is 1490 g/mol. The summed E-state index contributed by atoms with van der Waals surface area (Å²) in [5, 5.41) is 9.74. The van der Waals surface area contributed by atoms with Crippen molar-refractivity contribution in [2.75, 3.05) is 9.80 Å². The standard InChI is InChI=1S/C64H43N.C58H39N/c1-3-23-48(24-4-1)63(49-25-5-2-6-26-49)57-31-13-15-33-59(57)64(60-34-16-14-32-58(60)63)55-30-12-11-29-53(55)54-43-47(39-42-56(54)64)44-37-40-50(41-38-44)65(61-35-17-21-45-19-7-9-27-51(45)61)62-36-18-22-46-20-8-10-28-52(46)62;1-3-23-42(24-4-1)57(43-25-5-2-6-26-43)51-31-13-15-33-53(51)58(54-34-16-14-32-52(54)57)49-30-12-11-29-47(49)48-39-44(37-38-50(48)58)59(55-35-17-21-40-19-7-9-27-45(40)55)56-36-18-22-41-20-8-10-28-46(41)56/h1-43H;1-39H. The highest BCUT2D eigenvalue weighted by Crippen LogP contribution is 2.68. The average Bonchev–Trinajstić information content (AvgIpc) is 1.42. The van der Waals surface area contributed by atoms with Gasteiger partial charge in [-0.2, -0.15) is 0 Å². The predicted molar refractivity (Wildman–Crippen MR) is 516 cm³/mol. The number of rotatable bonds is 11. The highest BCUT2D eigenvalue weighted by atomic mass is 15.2. The van der Waals surface area contributed by atoms with Gasteiger partial charge in [0.15, 0.2) is 0 Å². The van der Waals surface area contributed by atoms with E-state index in [1.165, 1.54) is 165 Å². The average molecular weight is 1580 g/mol. The van der Waals surface area contributed by atoms with Gasteiger partial charge in [-0.3, -0.25) is 0 Å². The van der Waals surface area contributed by atoms with Gasteiger partial charge in [-0.15, -0.1) is 0 Å². The fourth-order valence-electron chi connectivity index (χ4n) is 22.7. The van der Waals surface area contributed by atoms with Crippen molar-refractivity contribution in [3.05, 3.63) is 586 Å². The molecule has 0 amide bonds. The Morgan fingerprint density at radius 2 is 0.371 bits per heavy atom. The van der Waals surface area contributed by atoms with Crippen LogP contribution in [0.1, 0.15) is 89.0 Å². The minimum Gasteiger partial charge on any atom is -0.309 e. The van der Waals surface area contributed by atoms with Gasteiger partial charge in [0, 0.05) is 32.9 Å². The summed E-state index contributed by atoms with van der Waals surface area (Å²) in [4.78, 5) is 4.91. The first-order valence-electron chi connectivity index (χ1n) is 43.3. The summed E-state index contributed by atoms with van der Waals surface area (Å²) in [5.41, 5.74) is 33.2. The molecule has 4 aliphatic rings. The molecule has 2 spiro atoms. The van der Waals surface area contributed by atoms with Crippen molar-refractivity contribution in [2.45, 2.75) is 21.7 Å².